The summed E-state index contributed by atoms with van der Waals surface area (Å²) in [6, 6.07) is 6.13. The molecule has 1 aromatic rings. The smallest absolute Gasteiger partial charge is 0.339 e. The Morgan fingerprint density at radius 3 is 2.71 bits per heavy atom. The Morgan fingerprint density at radius 1 is 1.50 bits per heavy atom. The van der Waals surface area contributed by atoms with Gasteiger partial charge in [0.25, 0.3) is 11.6 Å². The van der Waals surface area contributed by atoms with Crippen molar-refractivity contribution in [1.82, 2.24) is 5.32 Å². The molecule has 0 radical (unpaired) electrons. The van der Waals surface area contributed by atoms with Crippen LogP contribution in [0.15, 0.2) is 18.2 Å². The summed E-state index contributed by atoms with van der Waals surface area (Å²) >= 11 is 0. The van der Waals surface area contributed by atoms with E-state index in [4.69, 9.17) is 4.74 Å². The minimum Gasteiger partial charge on any atom is -0.452 e. The zero-order valence-electron chi connectivity index (χ0n) is 13.4. The maximum absolute atomic E-state index is 12.0. The summed E-state index contributed by atoms with van der Waals surface area (Å²) in [5.41, 5.74) is -0.958. The van der Waals surface area contributed by atoms with Gasteiger partial charge in [-0.1, -0.05) is 6.07 Å². The van der Waals surface area contributed by atoms with Crippen LogP contribution in [0, 0.1) is 34.3 Å². The van der Waals surface area contributed by atoms with E-state index in [1.807, 2.05) is 0 Å². The largest absolute Gasteiger partial charge is 0.452 e. The highest BCUT2D eigenvalue weighted by molar-refractivity contribution is 5.93. The van der Waals surface area contributed by atoms with Gasteiger partial charge in [-0.2, -0.15) is 5.26 Å². The summed E-state index contributed by atoms with van der Waals surface area (Å²) in [5.74, 6) is -1.29. The monoisotopic (exact) mass is 331 g/mol. The number of rotatable bonds is 6. The number of ether oxygens (including phenoxy) is 1. The number of hydrogen-bond acceptors (Lipinski definition) is 6. The van der Waals surface area contributed by atoms with Crippen molar-refractivity contribution in [2.24, 2.45) is 5.92 Å². The average Bonchev–Trinajstić information content (AvgIpc) is 3.37. The van der Waals surface area contributed by atoms with E-state index in [2.05, 4.69) is 11.4 Å². The first-order valence-corrected chi connectivity index (χ1v) is 7.42. The summed E-state index contributed by atoms with van der Waals surface area (Å²) < 4.78 is 4.91. The first-order chi connectivity index (χ1) is 11.3. The molecule has 1 aromatic carbocycles. The second-order valence-electron chi connectivity index (χ2n) is 5.92. The molecule has 126 valence electrons. The normalized spacial score (nSPS) is 15.7. The summed E-state index contributed by atoms with van der Waals surface area (Å²) in [6.45, 7) is 2.52. The predicted molar refractivity (Wildman–Crippen MR) is 83.0 cm³/mol. The lowest BCUT2D eigenvalue weighted by Gasteiger charge is -2.22. The minimum atomic E-state index is -0.967. The van der Waals surface area contributed by atoms with Gasteiger partial charge in [0.15, 0.2) is 6.61 Å². The van der Waals surface area contributed by atoms with E-state index in [1.165, 1.54) is 25.1 Å². The van der Waals surface area contributed by atoms with Crippen LogP contribution in [0.3, 0.4) is 0 Å². The van der Waals surface area contributed by atoms with E-state index in [9.17, 15) is 25.0 Å². The number of carbonyl (C=O) groups excluding carboxylic acids is 2. The van der Waals surface area contributed by atoms with E-state index in [0.717, 1.165) is 12.8 Å². The highest BCUT2D eigenvalue weighted by Gasteiger charge is 2.43. The van der Waals surface area contributed by atoms with Gasteiger partial charge in [-0.25, -0.2) is 4.79 Å². The van der Waals surface area contributed by atoms with Crippen LogP contribution in [-0.2, 0) is 9.53 Å². The third-order valence-electron chi connectivity index (χ3n) is 4.08. The molecule has 1 atom stereocenters. The number of amides is 1. The molecule has 0 aliphatic heterocycles. The van der Waals surface area contributed by atoms with Crippen LogP contribution in [-0.4, -0.2) is 28.9 Å². The Hall–Kier alpha value is -2.95. The Morgan fingerprint density at radius 2 is 2.17 bits per heavy atom. The Balaban J connectivity index is 1.98. The van der Waals surface area contributed by atoms with Gasteiger partial charge in [-0.15, -0.1) is 0 Å². The maximum Gasteiger partial charge on any atom is 0.339 e. The summed E-state index contributed by atoms with van der Waals surface area (Å²) in [4.78, 5) is 34.2. The van der Waals surface area contributed by atoms with E-state index in [1.54, 1.807) is 6.92 Å². The highest BCUT2D eigenvalue weighted by atomic mass is 16.6. The molecule has 8 heteroatoms. The van der Waals surface area contributed by atoms with Crippen molar-refractivity contribution < 1.29 is 19.2 Å². The second-order valence-corrected chi connectivity index (χ2v) is 5.92. The van der Waals surface area contributed by atoms with Crippen LogP contribution >= 0.6 is 0 Å². The van der Waals surface area contributed by atoms with Crippen LogP contribution in [0.4, 0.5) is 5.69 Å². The summed E-state index contributed by atoms with van der Waals surface area (Å²) in [7, 11) is 0. The molecule has 0 heterocycles. The van der Waals surface area contributed by atoms with E-state index >= 15 is 0 Å². The zero-order valence-corrected chi connectivity index (χ0v) is 13.4. The van der Waals surface area contributed by atoms with Crippen molar-refractivity contribution in [3.8, 4) is 6.07 Å². The number of nitro benzene ring substituents is 1. The van der Waals surface area contributed by atoms with Gasteiger partial charge in [0.2, 0.25) is 0 Å². The summed E-state index contributed by atoms with van der Waals surface area (Å²) in [6.07, 6.45) is 1.74. The Bertz CT molecular complexity index is 736. The SMILES string of the molecule is Cc1c(C(=O)OCC(=O)N[C@](C)(C#N)C2CC2)cccc1[N+](=O)[O-]. The molecular weight excluding hydrogens is 314 g/mol. The number of esters is 1. The molecule has 0 spiro atoms. The van der Waals surface area contributed by atoms with Crippen LogP contribution in [0.25, 0.3) is 0 Å². The van der Waals surface area contributed by atoms with Crippen LogP contribution in [0.2, 0.25) is 0 Å². The van der Waals surface area contributed by atoms with Crippen molar-refractivity contribution in [1.29, 1.82) is 5.26 Å². The lowest BCUT2D eigenvalue weighted by molar-refractivity contribution is -0.385. The molecule has 1 amide bonds. The average molecular weight is 331 g/mol. The van der Waals surface area contributed by atoms with Gasteiger partial charge in [-0.05, 0) is 38.7 Å². The zero-order chi connectivity index (χ0) is 17.9. The number of nitrogens with zero attached hydrogens (tertiary/aromatic N) is 2. The first kappa shape index (κ1) is 17.4. The van der Waals surface area contributed by atoms with Crippen molar-refractivity contribution in [2.45, 2.75) is 32.2 Å². The molecule has 1 aliphatic carbocycles. The Kier molecular flexibility index (Phi) is 4.83. The van der Waals surface area contributed by atoms with Gasteiger partial charge in [0.1, 0.15) is 5.54 Å². The molecule has 0 bridgehead atoms. The molecule has 1 N–H and O–H groups in total. The predicted octanol–water partition coefficient (Wildman–Crippen LogP) is 1.87. The second kappa shape index (κ2) is 6.66. The molecule has 0 aromatic heterocycles. The topological polar surface area (TPSA) is 122 Å². The molecule has 24 heavy (non-hydrogen) atoms. The fourth-order valence-corrected chi connectivity index (χ4v) is 2.46. The van der Waals surface area contributed by atoms with Gasteiger partial charge in [0.05, 0.1) is 16.6 Å². The Labute approximate surface area is 138 Å². The minimum absolute atomic E-state index is 0.0298. The van der Waals surface area contributed by atoms with Crippen molar-refractivity contribution in [2.75, 3.05) is 6.61 Å². The number of benzene rings is 1. The van der Waals surface area contributed by atoms with Crippen LogP contribution < -0.4 is 5.32 Å². The lowest BCUT2D eigenvalue weighted by atomic mass is 9.98. The molecule has 0 saturated heterocycles. The fourth-order valence-electron chi connectivity index (χ4n) is 2.46. The lowest BCUT2D eigenvalue weighted by Crippen LogP contribution is -2.48. The number of hydrogen-bond donors (Lipinski definition) is 1. The van der Waals surface area contributed by atoms with E-state index in [0.29, 0.717) is 0 Å². The number of nitro groups is 1. The van der Waals surface area contributed by atoms with Crippen LogP contribution in [0.1, 0.15) is 35.7 Å². The van der Waals surface area contributed by atoms with Crippen LogP contribution in [0.5, 0.6) is 0 Å². The molecular formula is C16H17N3O5. The van der Waals surface area contributed by atoms with Crippen molar-refractivity contribution >= 4 is 17.6 Å². The quantitative estimate of drug-likeness (QED) is 0.482. The molecule has 2 rings (SSSR count). The number of carbonyl (C=O) groups is 2. The molecule has 8 nitrogen and oxygen atoms in total. The molecule has 0 unspecified atom stereocenters. The van der Waals surface area contributed by atoms with E-state index in [-0.39, 0.29) is 22.7 Å². The summed E-state index contributed by atoms with van der Waals surface area (Å²) in [5, 5.41) is 22.6. The van der Waals surface area contributed by atoms with Gasteiger partial charge in [-0.3, -0.25) is 14.9 Å². The standard InChI is InChI=1S/C16H17N3O5/c1-10-12(4-3-5-13(10)19(22)23)15(21)24-8-14(20)18-16(2,9-17)11-6-7-11/h3-5,11H,6-8H2,1-2H3,(H,18,20)/t16-/m1/s1. The number of nitrogens with one attached hydrogen (secondary N) is 1. The number of nitriles is 1. The fraction of sp³-hybridized carbons (Fsp3) is 0.438. The first-order valence-electron chi connectivity index (χ1n) is 7.42. The molecule has 1 aliphatic rings. The molecule has 1 fully saturated rings. The van der Waals surface area contributed by atoms with E-state index < -0.39 is 28.9 Å². The highest BCUT2D eigenvalue weighted by Crippen LogP contribution is 2.39. The third-order valence-corrected chi connectivity index (χ3v) is 4.08. The third kappa shape index (κ3) is 3.68. The molecule has 1 saturated carbocycles. The van der Waals surface area contributed by atoms with Gasteiger partial charge < -0.3 is 10.1 Å². The van der Waals surface area contributed by atoms with Gasteiger partial charge in [0, 0.05) is 11.6 Å². The maximum atomic E-state index is 12.0. The van der Waals surface area contributed by atoms with Crippen molar-refractivity contribution in [3.05, 3.63) is 39.4 Å². The van der Waals surface area contributed by atoms with Crippen molar-refractivity contribution in [3.63, 3.8) is 0 Å². The van der Waals surface area contributed by atoms with Gasteiger partial charge >= 0.3 is 5.97 Å².